The van der Waals surface area contributed by atoms with Crippen LogP contribution >= 0.6 is 0 Å². The number of hydrogen-bond donors (Lipinski definition) is 0. The summed E-state index contributed by atoms with van der Waals surface area (Å²) in [5.74, 6) is 0. The lowest BCUT2D eigenvalue weighted by Gasteiger charge is -2.19. The number of rotatable bonds is 3. The normalized spacial score (nSPS) is 15.9. The maximum Gasteiger partial charge on any atom is 0.0353 e. The molecule has 0 aromatic carbocycles. The third kappa shape index (κ3) is 2.26. The first-order valence-electron chi connectivity index (χ1n) is 4.03. The average Bonchev–Trinajstić information content (AvgIpc) is 2.07. The van der Waals surface area contributed by atoms with Gasteiger partial charge in [-0.05, 0) is 18.9 Å². The van der Waals surface area contributed by atoms with Gasteiger partial charge < -0.3 is 4.90 Å². The summed E-state index contributed by atoms with van der Waals surface area (Å²) in [7, 11) is 2.09. The van der Waals surface area contributed by atoms with E-state index in [-0.39, 0.29) is 0 Å². The molecule has 1 rings (SSSR count). The van der Waals surface area contributed by atoms with Crippen LogP contribution < -0.4 is 0 Å². The second-order valence-corrected chi connectivity index (χ2v) is 2.78. The van der Waals surface area contributed by atoms with E-state index in [1.165, 1.54) is 18.5 Å². The van der Waals surface area contributed by atoms with Crippen molar-refractivity contribution in [1.82, 2.24) is 4.90 Å². The summed E-state index contributed by atoms with van der Waals surface area (Å²) < 4.78 is 0. The van der Waals surface area contributed by atoms with Crippen LogP contribution in [0.4, 0.5) is 0 Å². The summed E-state index contributed by atoms with van der Waals surface area (Å²) in [6.07, 6.45) is 10.9. The molecule has 0 heterocycles. The molecule has 1 nitrogen and oxygen atoms in total. The molecule has 0 radical (unpaired) electrons. The Morgan fingerprint density at radius 2 is 2.45 bits per heavy atom. The van der Waals surface area contributed by atoms with Crippen LogP contribution in [0.1, 0.15) is 12.8 Å². The minimum Gasteiger partial charge on any atom is -0.371 e. The minimum absolute atomic E-state index is 0.927. The zero-order valence-corrected chi connectivity index (χ0v) is 7.09. The van der Waals surface area contributed by atoms with Gasteiger partial charge in [0.05, 0.1) is 0 Å². The topological polar surface area (TPSA) is 3.24 Å². The van der Waals surface area contributed by atoms with Crippen LogP contribution in [0.25, 0.3) is 0 Å². The Bertz CT molecular complexity index is 189. The number of allylic oxidation sites excluding steroid dienone is 3. The fraction of sp³-hybridized carbons (Fsp3) is 0.400. The Hall–Kier alpha value is -0.980. The summed E-state index contributed by atoms with van der Waals surface area (Å²) in [6, 6.07) is 0. The fourth-order valence-corrected chi connectivity index (χ4v) is 1.18. The van der Waals surface area contributed by atoms with Crippen LogP contribution in [0.15, 0.2) is 36.6 Å². The zero-order chi connectivity index (χ0) is 8.10. The van der Waals surface area contributed by atoms with Gasteiger partial charge in [0.25, 0.3) is 0 Å². The summed E-state index contributed by atoms with van der Waals surface area (Å²) >= 11 is 0. The van der Waals surface area contributed by atoms with E-state index in [2.05, 4.69) is 36.8 Å². The summed E-state index contributed by atoms with van der Waals surface area (Å²) in [4.78, 5) is 2.20. The second-order valence-electron chi connectivity index (χ2n) is 2.78. The van der Waals surface area contributed by atoms with Crippen LogP contribution in [0, 0.1) is 0 Å². The van der Waals surface area contributed by atoms with Gasteiger partial charge in [-0.3, -0.25) is 0 Å². The smallest absolute Gasteiger partial charge is 0.0353 e. The van der Waals surface area contributed by atoms with Crippen molar-refractivity contribution in [3.63, 3.8) is 0 Å². The van der Waals surface area contributed by atoms with Gasteiger partial charge in [0.2, 0.25) is 0 Å². The zero-order valence-electron chi connectivity index (χ0n) is 7.09. The maximum absolute atomic E-state index is 3.70. The second kappa shape index (κ2) is 4.02. The van der Waals surface area contributed by atoms with Gasteiger partial charge in [-0.2, -0.15) is 0 Å². The number of nitrogens with zero attached hydrogens (tertiary/aromatic N) is 1. The summed E-state index contributed by atoms with van der Waals surface area (Å²) in [5.41, 5.74) is 1.32. The predicted molar refractivity (Wildman–Crippen MR) is 49.3 cm³/mol. The van der Waals surface area contributed by atoms with Crippen LogP contribution in [-0.4, -0.2) is 18.5 Å². The van der Waals surface area contributed by atoms with E-state index in [9.17, 15) is 0 Å². The van der Waals surface area contributed by atoms with Crippen LogP contribution in [0.3, 0.4) is 0 Å². The molecule has 0 atom stereocenters. The third-order valence-corrected chi connectivity index (χ3v) is 1.82. The third-order valence-electron chi connectivity index (χ3n) is 1.82. The molecule has 0 unspecified atom stereocenters. The quantitative estimate of drug-likeness (QED) is 0.557. The van der Waals surface area contributed by atoms with Gasteiger partial charge in [-0.25, -0.2) is 0 Å². The highest BCUT2D eigenvalue weighted by Gasteiger charge is 2.00. The standard InChI is InChI=1S/C10H15N/c1-3-9-11(2)10-7-5-4-6-8-10/h3,5,7-8H,1,4,6,9H2,2H3. The predicted octanol–water partition coefficient (Wildman–Crippen LogP) is 2.34. The molecule has 1 heteroatoms. The molecule has 1 aliphatic carbocycles. The molecule has 0 saturated carbocycles. The Morgan fingerprint density at radius 3 is 3.00 bits per heavy atom. The first-order chi connectivity index (χ1) is 5.34. The van der Waals surface area contributed by atoms with Crippen molar-refractivity contribution in [2.24, 2.45) is 0 Å². The van der Waals surface area contributed by atoms with Crippen molar-refractivity contribution in [3.8, 4) is 0 Å². The highest BCUT2D eigenvalue weighted by Crippen LogP contribution is 2.11. The molecule has 0 saturated heterocycles. The van der Waals surface area contributed by atoms with Crippen molar-refractivity contribution in [2.45, 2.75) is 12.8 Å². The molecular formula is C10H15N. The van der Waals surface area contributed by atoms with Gasteiger partial charge in [0.15, 0.2) is 0 Å². The lowest BCUT2D eigenvalue weighted by Crippen LogP contribution is -2.16. The first kappa shape index (κ1) is 8.12. The van der Waals surface area contributed by atoms with E-state index >= 15 is 0 Å². The average molecular weight is 149 g/mol. The van der Waals surface area contributed by atoms with Crippen LogP contribution in [0.2, 0.25) is 0 Å². The molecule has 0 amide bonds. The number of likely N-dealkylation sites (N-methyl/N-ethyl adjacent to an activating group) is 1. The van der Waals surface area contributed by atoms with Crippen molar-refractivity contribution < 1.29 is 0 Å². The molecular weight excluding hydrogens is 134 g/mol. The fourth-order valence-electron chi connectivity index (χ4n) is 1.18. The summed E-state index contributed by atoms with van der Waals surface area (Å²) in [5, 5.41) is 0. The lowest BCUT2D eigenvalue weighted by atomic mass is 10.1. The Kier molecular flexibility index (Phi) is 2.96. The largest absolute Gasteiger partial charge is 0.371 e. The molecule has 0 aromatic heterocycles. The van der Waals surface area contributed by atoms with E-state index < -0.39 is 0 Å². The van der Waals surface area contributed by atoms with Crippen molar-refractivity contribution in [3.05, 3.63) is 36.6 Å². The minimum atomic E-state index is 0.927. The van der Waals surface area contributed by atoms with Gasteiger partial charge in [-0.1, -0.05) is 18.2 Å². The molecule has 0 fully saturated rings. The molecule has 0 aromatic rings. The maximum atomic E-state index is 3.70. The van der Waals surface area contributed by atoms with Gasteiger partial charge in [-0.15, -0.1) is 6.58 Å². The van der Waals surface area contributed by atoms with Crippen molar-refractivity contribution in [2.75, 3.05) is 13.6 Å². The van der Waals surface area contributed by atoms with E-state index in [0.29, 0.717) is 0 Å². The van der Waals surface area contributed by atoms with Gasteiger partial charge in [0, 0.05) is 19.3 Å². The van der Waals surface area contributed by atoms with E-state index in [1.807, 2.05) is 6.08 Å². The van der Waals surface area contributed by atoms with E-state index in [1.54, 1.807) is 0 Å². The van der Waals surface area contributed by atoms with Crippen LogP contribution in [-0.2, 0) is 0 Å². The lowest BCUT2D eigenvalue weighted by molar-refractivity contribution is 0.475. The Morgan fingerprint density at radius 1 is 1.64 bits per heavy atom. The van der Waals surface area contributed by atoms with Gasteiger partial charge >= 0.3 is 0 Å². The van der Waals surface area contributed by atoms with E-state index in [0.717, 1.165) is 6.54 Å². The molecule has 0 bridgehead atoms. The SMILES string of the molecule is C=CCN(C)C1=CCCC=C1. The van der Waals surface area contributed by atoms with Crippen molar-refractivity contribution in [1.29, 1.82) is 0 Å². The number of hydrogen-bond acceptors (Lipinski definition) is 1. The first-order valence-corrected chi connectivity index (χ1v) is 4.03. The molecule has 60 valence electrons. The monoisotopic (exact) mass is 149 g/mol. The highest BCUT2D eigenvalue weighted by molar-refractivity contribution is 5.20. The highest BCUT2D eigenvalue weighted by atomic mass is 15.1. The summed E-state index contributed by atoms with van der Waals surface area (Å²) in [6.45, 7) is 4.63. The van der Waals surface area contributed by atoms with Gasteiger partial charge in [0.1, 0.15) is 0 Å². The van der Waals surface area contributed by atoms with E-state index in [4.69, 9.17) is 0 Å². The molecule has 0 aliphatic heterocycles. The molecule has 11 heavy (non-hydrogen) atoms. The molecule has 0 spiro atoms. The Labute approximate surface area is 68.7 Å². The van der Waals surface area contributed by atoms with Crippen LogP contribution in [0.5, 0.6) is 0 Å². The Balaban J connectivity index is 2.51. The molecule has 1 aliphatic rings. The van der Waals surface area contributed by atoms with Crippen molar-refractivity contribution >= 4 is 0 Å². The molecule has 0 N–H and O–H groups in total.